The molecule has 0 fully saturated rings. The van der Waals surface area contributed by atoms with Crippen molar-refractivity contribution in [1.82, 2.24) is 0 Å². The van der Waals surface area contributed by atoms with E-state index in [0.29, 0.717) is 0 Å². The molecule has 0 aliphatic rings. The SMILES string of the molecule is COC(=O)c1ccc(Cl)c(C#N)c1CO. The summed E-state index contributed by atoms with van der Waals surface area (Å²) < 4.78 is 4.52. The summed E-state index contributed by atoms with van der Waals surface area (Å²) in [5.74, 6) is -0.604. The lowest BCUT2D eigenvalue weighted by Crippen LogP contribution is -2.07. The topological polar surface area (TPSA) is 70.3 Å². The number of hydrogen-bond acceptors (Lipinski definition) is 4. The van der Waals surface area contributed by atoms with E-state index < -0.39 is 12.6 Å². The number of ether oxygens (including phenoxy) is 1. The van der Waals surface area contributed by atoms with Crippen LogP contribution in [0.5, 0.6) is 0 Å². The van der Waals surface area contributed by atoms with Crippen molar-refractivity contribution in [3.63, 3.8) is 0 Å². The van der Waals surface area contributed by atoms with E-state index in [1.165, 1.54) is 19.2 Å². The zero-order valence-corrected chi connectivity index (χ0v) is 8.71. The Hall–Kier alpha value is -1.57. The highest BCUT2D eigenvalue weighted by atomic mass is 35.5. The highest BCUT2D eigenvalue weighted by molar-refractivity contribution is 6.32. The van der Waals surface area contributed by atoms with Crippen molar-refractivity contribution in [2.75, 3.05) is 7.11 Å². The number of carbonyl (C=O) groups excluding carboxylic acids is 1. The van der Waals surface area contributed by atoms with E-state index in [0.717, 1.165) is 0 Å². The van der Waals surface area contributed by atoms with Gasteiger partial charge in [0, 0.05) is 5.56 Å². The molecule has 0 amide bonds. The molecule has 0 aromatic heterocycles. The molecule has 0 saturated heterocycles. The summed E-state index contributed by atoms with van der Waals surface area (Å²) in [6, 6.07) is 4.67. The van der Waals surface area contributed by atoms with Crippen LogP contribution in [0.2, 0.25) is 5.02 Å². The fourth-order valence-electron chi connectivity index (χ4n) is 1.21. The maximum Gasteiger partial charge on any atom is 0.338 e. The zero-order chi connectivity index (χ0) is 11.4. The first-order valence-corrected chi connectivity index (χ1v) is 4.44. The van der Waals surface area contributed by atoms with Gasteiger partial charge in [0.05, 0.1) is 29.9 Å². The molecular weight excluding hydrogens is 218 g/mol. The first-order chi connectivity index (χ1) is 7.15. The summed E-state index contributed by atoms with van der Waals surface area (Å²) in [6.07, 6.45) is 0. The number of aliphatic hydroxyl groups is 1. The number of rotatable bonds is 2. The van der Waals surface area contributed by atoms with E-state index in [9.17, 15) is 4.79 Å². The van der Waals surface area contributed by atoms with E-state index >= 15 is 0 Å². The molecular formula is C10H8ClNO3. The third-order valence-corrected chi connectivity index (χ3v) is 2.25. The van der Waals surface area contributed by atoms with E-state index in [1.807, 2.05) is 6.07 Å². The minimum atomic E-state index is -0.604. The van der Waals surface area contributed by atoms with Crippen LogP contribution in [0.4, 0.5) is 0 Å². The number of esters is 1. The van der Waals surface area contributed by atoms with Crippen LogP contribution in [0.3, 0.4) is 0 Å². The molecule has 78 valence electrons. The average molecular weight is 226 g/mol. The Balaban J connectivity index is 3.43. The Morgan fingerprint density at radius 3 is 2.80 bits per heavy atom. The minimum absolute atomic E-state index is 0.0991. The molecule has 0 atom stereocenters. The fraction of sp³-hybridized carbons (Fsp3) is 0.200. The number of halogens is 1. The van der Waals surface area contributed by atoms with Crippen molar-refractivity contribution < 1.29 is 14.6 Å². The molecule has 0 saturated carbocycles. The van der Waals surface area contributed by atoms with Gasteiger partial charge in [0.25, 0.3) is 0 Å². The van der Waals surface area contributed by atoms with E-state index in [2.05, 4.69) is 4.74 Å². The van der Waals surface area contributed by atoms with Crippen molar-refractivity contribution in [2.24, 2.45) is 0 Å². The second-order valence-corrected chi connectivity index (χ2v) is 3.12. The highest BCUT2D eigenvalue weighted by Crippen LogP contribution is 2.23. The zero-order valence-electron chi connectivity index (χ0n) is 7.95. The number of nitrogens with zero attached hydrogens (tertiary/aromatic N) is 1. The van der Waals surface area contributed by atoms with Crippen LogP contribution in [-0.2, 0) is 11.3 Å². The summed E-state index contributed by atoms with van der Waals surface area (Å²) in [4.78, 5) is 11.3. The number of hydrogen-bond donors (Lipinski definition) is 1. The third kappa shape index (κ3) is 2.09. The van der Waals surface area contributed by atoms with Crippen LogP contribution < -0.4 is 0 Å². The summed E-state index contributed by atoms with van der Waals surface area (Å²) in [5, 5.41) is 18.1. The van der Waals surface area contributed by atoms with Crippen molar-refractivity contribution in [1.29, 1.82) is 5.26 Å². The summed E-state index contributed by atoms with van der Waals surface area (Å²) >= 11 is 5.74. The van der Waals surface area contributed by atoms with Gasteiger partial charge in [-0.15, -0.1) is 0 Å². The molecule has 0 bridgehead atoms. The van der Waals surface area contributed by atoms with Gasteiger partial charge in [0.2, 0.25) is 0 Å². The molecule has 4 nitrogen and oxygen atoms in total. The number of aliphatic hydroxyl groups excluding tert-OH is 1. The Morgan fingerprint density at radius 1 is 1.67 bits per heavy atom. The van der Waals surface area contributed by atoms with E-state index in [-0.39, 0.29) is 21.7 Å². The molecule has 0 radical (unpaired) electrons. The summed E-state index contributed by atoms with van der Waals surface area (Å²) in [5.41, 5.74) is 0.444. The van der Waals surface area contributed by atoms with E-state index in [1.54, 1.807) is 0 Å². The van der Waals surface area contributed by atoms with Crippen LogP contribution in [0.15, 0.2) is 12.1 Å². The maximum absolute atomic E-state index is 11.3. The van der Waals surface area contributed by atoms with Gasteiger partial charge in [-0.2, -0.15) is 5.26 Å². The van der Waals surface area contributed by atoms with Crippen molar-refractivity contribution >= 4 is 17.6 Å². The first-order valence-electron chi connectivity index (χ1n) is 4.06. The predicted octanol–water partition coefficient (Wildman–Crippen LogP) is 1.49. The van der Waals surface area contributed by atoms with Crippen molar-refractivity contribution in [2.45, 2.75) is 6.61 Å². The van der Waals surface area contributed by atoms with Gasteiger partial charge in [-0.1, -0.05) is 11.6 Å². The van der Waals surface area contributed by atoms with Gasteiger partial charge < -0.3 is 9.84 Å². The summed E-state index contributed by atoms with van der Waals surface area (Å²) in [7, 11) is 1.23. The number of benzene rings is 1. The van der Waals surface area contributed by atoms with Crippen LogP contribution in [0.25, 0.3) is 0 Å². The molecule has 0 aliphatic carbocycles. The van der Waals surface area contributed by atoms with E-state index in [4.69, 9.17) is 22.0 Å². The quantitative estimate of drug-likeness (QED) is 0.775. The normalized spacial score (nSPS) is 9.47. The second kappa shape index (κ2) is 4.78. The van der Waals surface area contributed by atoms with Gasteiger partial charge in [-0.25, -0.2) is 4.79 Å². The summed E-state index contributed by atoms with van der Waals surface area (Å²) in [6.45, 7) is -0.437. The van der Waals surface area contributed by atoms with Gasteiger partial charge in [0.15, 0.2) is 0 Å². The van der Waals surface area contributed by atoms with Crippen LogP contribution in [0.1, 0.15) is 21.5 Å². The van der Waals surface area contributed by atoms with Gasteiger partial charge in [-0.3, -0.25) is 0 Å². The lowest BCUT2D eigenvalue weighted by molar-refractivity contribution is 0.0597. The number of nitriles is 1. The molecule has 1 rings (SSSR count). The number of methoxy groups -OCH3 is 1. The highest BCUT2D eigenvalue weighted by Gasteiger charge is 2.17. The lowest BCUT2D eigenvalue weighted by atomic mass is 10.0. The molecule has 1 aromatic carbocycles. The molecule has 0 aliphatic heterocycles. The Bertz CT molecular complexity index is 437. The minimum Gasteiger partial charge on any atom is -0.465 e. The standard InChI is InChI=1S/C10H8ClNO3/c1-15-10(14)6-2-3-9(11)7(4-12)8(6)5-13/h2-3,13H,5H2,1H3. The molecule has 0 spiro atoms. The fourth-order valence-corrected chi connectivity index (χ4v) is 1.42. The monoisotopic (exact) mass is 225 g/mol. The Morgan fingerprint density at radius 2 is 2.33 bits per heavy atom. The molecule has 15 heavy (non-hydrogen) atoms. The second-order valence-electron chi connectivity index (χ2n) is 2.71. The third-order valence-electron chi connectivity index (χ3n) is 1.94. The smallest absolute Gasteiger partial charge is 0.338 e. The lowest BCUT2D eigenvalue weighted by Gasteiger charge is -2.08. The Labute approximate surface area is 91.7 Å². The predicted molar refractivity (Wildman–Crippen MR) is 53.4 cm³/mol. The molecule has 1 aromatic rings. The molecule has 1 N–H and O–H groups in total. The average Bonchev–Trinajstić information content (AvgIpc) is 2.27. The molecule has 0 heterocycles. The van der Waals surface area contributed by atoms with Crippen molar-refractivity contribution in [3.8, 4) is 6.07 Å². The van der Waals surface area contributed by atoms with Gasteiger partial charge in [0.1, 0.15) is 6.07 Å². The maximum atomic E-state index is 11.3. The van der Waals surface area contributed by atoms with Crippen molar-refractivity contribution in [3.05, 3.63) is 33.8 Å². The largest absolute Gasteiger partial charge is 0.465 e. The first kappa shape index (κ1) is 11.5. The number of carbonyl (C=O) groups is 1. The molecule has 0 unspecified atom stereocenters. The molecule has 5 heteroatoms. The van der Waals surface area contributed by atoms with Gasteiger partial charge in [-0.05, 0) is 12.1 Å². The van der Waals surface area contributed by atoms with Crippen LogP contribution >= 0.6 is 11.6 Å². The van der Waals surface area contributed by atoms with Gasteiger partial charge >= 0.3 is 5.97 Å². The Kier molecular flexibility index (Phi) is 3.67. The van der Waals surface area contributed by atoms with Crippen LogP contribution in [0, 0.1) is 11.3 Å². The van der Waals surface area contributed by atoms with Crippen LogP contribution in [-0.4, -0.2) is 18.2 Å².